The molecule has 1 aromatic carbocycles. The Bertz CT molecular complexity index is 548. The minimum absolute atomic E-state index is 0.0325. The van der Waals surface area contributed by atoms with Crippen LogP contribution >= 0.6 is 0 Å². The number of likely N-dealkylation sites (N-methyl/N-ethyl adjacent to an activating group) is 1. The van der Waals surface area contributed by atoms with Crippen LogP contribution in [0.3, 0.4) is 0 Å². The number of hydrogen-bond acceptors (Lipinski definition) is 4. The first-order valence-electron chi connectivity index (χ1n) is 6.97. The third-order valence-corrected chi connectivity index (χ3v) is 3.27. The van der Waals surface area contributed by atoms with Gasteiger partial charge in [0, 0.05) is 30.8 Å². The van der Waals surface area contributed by atoms with E-state index in [9.17, 15) is 4.79 Å². The van der Waals surface area contributed by atoms with Crippen molar-refractivity contribution in [2.24, 2.45) is 0 Å². The van der Waals surface area contributed by atoms with Crippen LogP contribution in [0.25, 0.3) is 0 Å². The number of morpholine rings is 1. The van der Waals surface area contributed by atoms with Crippen molar-refractivity contribution >= 4 is 5.91 Å². The van der Waals surface area contributed by atoms with Crippen molar-refractivity contribution in [1.82, 2.24) is 10.2 Å². The van der Waals surface area contributed by atoms with Crippen LogP contribution in [0.15, 0.2) is 24.3 Å². The van der Waals surface area contributed by atoms with Crippen molar-refractivity contribution < 1.29 is 14.6 Å². The number of amides is 1. The van der Waals surface area contributed by atoms with Crippen molar-refractivity contribution in [1.29, 1.82) is 0 Å². The number of nitrogens with zero attached hydrogens (tertiary/aromatic N) is 1. The number of aliphatic hydroxyl groups excluding tert-OH is 1. The van der Waals surface area contributed by atoms with Crippen LogP contribution in [0.4, 0.5) is 0 Å². The fourth-order valence-corrected chi connectivity index (χ4v) is 2.18. The van der Waals surface area contributed by atoms with E-state index in [0.717, 1.165) is 13.1 Å². The van der Waals surface area contributed by atoms with E-state index in [1.165, 1.54) is 0 Å². The highest BCUT2D eigenvalue weighted by Crippen LogP contribution is 2.05. The van der Waals surface area contributed by atoms with E-state index in [2.05, 4.69) is 22.1 Å². The minimum atomic E-state index is -0.192. The predicted octanol–water partition coefficient (Wildman–Crippen LogP) is 0.0908. The Morgan fingerprint density at radius 1 is 1.57 bits per heavy atom. The van der Waals surface area contributed by atoms with Gasteiger partial charge in [0.25, 0.3) is 5.91 Å². The molecule has 21 heavy (non-hydrogen) atoms. The lowest BCUT2D eigenvalue weighted by Crippen LogP contribution is -2.45. The molecule has 2 rings (SSSR count). The summed E-state index contributed by atoms with van der Waals surface area (Å²) in [4.78, 5) is 14.3. The van der Waals surface area contributed by atoms with Crippen molar-refractivity contribution in [3.8, 4) is 11.8 Å². The van der Waals surface area contributed by atoms with Crippen molar-refractivity contribution in [2.75, 3.05) is 39.9 Å². The van der Waals surface area contributed by atoms with Crippen LogP contribution in [0, 0.1) is 11.8 Å². The third kappa shape index (κ3) is 4.87. The van der Waals surface area contributed by atoms with Gasteiger partial charge in [0.2, 0.25) is 0 Å². The van der Waals surface area contributed by atoms with Crippen molar-refractivity contribution in [3.63, 3.8) is 0 Å². The van der Waals surface area contributed by atoms with E-state index < -0.39 is 0 Å². The number of rotatable bonds is 3. The number of benzene rings is 1. The largest absolute Gasteiger partial charge is 0.384 e. The standard InChI is InChI=1S/C16H20N2O3/c1-18-7-9-21-15(12-18)11-17-16(20)14-6-2-4-13(10-14)5-3-8-19/h2,4,6,10,15,19H,7-9,11-12H2,1H3,(H,17,20). The van der Waals surface area contributed by atoms with E-state index in [4.69, 9.17) is 9.84 Å². The van der Waals surface area contributed by atoms with Gasteiger partial charge < -0.3 is 20.1 Å². The fourth-order valence-electron chi connectivity index (χ4n) is 2.18. The summed E-state index contributed by atoms with van der Waals surface area (Å²) in [6.07, 6.45) is 0.0325. The van der Waals surface area contributed by atoms with E-state index in [0.29, 0.717) is 24.3 Å². The van der Waals surface area contributed by atoms with E-state index >= 15 is 0 Å². The molecule has 5 nitrogen and oxygen atoms in total. The molecule has 1 aromatic rings. The van der Waals surface area contributed by atoms with Crippen LogP contribution in [-0.2, 0) is 4.74 Å². The van der Waals surface area contributed by atoms with Crippen LogP contribution in [0.1, 0.15) is 15.9 Å². The molecule has 1 fully saturated rings. The highest BCUT2D eigenvalue weighted by molar-refractivity contribution is 5.94. The summed E-state index contributed by atoms with van der Waals surface area (Å²) in [5.74, 6) is 5.22. The molecule has 0 aliphatic carbocycles. The Balaban J connectivity index is 1.91. The Kier molecular flexibility index (Phi) is 5.76. The molecule has 1 heterocycles. The molecular formula is C16H20N2O3. The zero-order chi connectivity index (χ0) is 15.1. The highest BCUT2D eigenvalue weighted by atomic mass is 16.5. The maximum atomic E-state index is 12.1. The summed E-state index contributed by atoms with van der Waals surface area (Å²) in [6, 6.07) is 7.04. The zero-order valence-corrected chi connectivity index (χ0v) is 12.1. The van der Waals surface area contributed by atoms with Gasteiger partial charge in [0.05, 0.1) is 12.7 Å². The van der Waals surface area contributed by atoms with Crippen molar-refractivity contribution in [3.05, 3.63) is 35.4 Å². The van der Waals surface area contributed by atoms with Gasteiger partial charge in [0.15, 0.2) is 0 Å². The molecule has 1 aliphatic heterocycles. The number of carbonyl (C=O) groups excluding carboxylic acids is 1. The summed E-state index contributed by atoms with van der Waals surface area (Å²) < 4.78 is 5.60. The smallest absolute Gasteiger partial charge is 0.251 e. The number of nitrogens with one attached hydrogen (secondary N) is 1. The second-order valence-corrected chi connectivity index (χ2v) is 5.01. The lowest BCUT2D eigenvalue weighted by molar-refractivity contribution is -0.0175. The predicted molar refractivity (Wildman–Crippen MR) is 80.0 cm³/mol. The first-order valence-corrected chi connectivity index (χ1v) is 6.97. The quantitative estimate of drug-likeness (QED) is 0.774. The van der Waals surface area contributed by atoms with E-state index in [1.54, 1.807) is 24.3 Å². The minimum Gasteiger partial charge on any atom is -0.384 e. The number of carbonyl (C=O) groups is 1. The topological polar surface area (TPSA) is 61.8 Å². The summed E-state index contributed by atoms with van der Waals surface area (Å²) in [5.41, 5.74) is 1.27. The summed E-state index contributed by atoms with van der Waals surface area (Å²) in [7, 11) is 2.04. The van der Waals surface area contributed by atoms with Gasteiger partial charge in [-0.15, -0.1) is 0 Å². The molecule has 2 N–H and O–H groups in total. The summed E-state index contributed by atoms with van der Waals surface area (Å²) >= 11 is 0. The molecule has 112 valence electrons. The van der Waals surface area contributed by atoms with Gasteiger partial charge in [-0.1, -0.05) is 17.9 Å². The van der Waals surface area contributed by atoms with Gasteiger partial charge in [-0.25, -0.2) is 0 Å². The lowest BCUT2D eigenvalue weighted by atomic mass is 10.1. The maximum absolute atomic E-state index is 12.1. The summed E-state index contributed by atoms with van der Waals surface area (Å²) in [5, 5.41) is 11.6. The van der Waals surface area contributed by atoms with Gasteiger partial charge in [-0.05, 0) is 25.2 Å². The van der Waals surface area contributed by atoms with Crippen LogP contribution in [0.2, 0.25) is 0 Å². The molecule has 0 bridgehead atoms. The van der Waals surface area contributed by atoms with E-state index in [1.807, 2.05) is 7.05 Å². The second-order valence-electron chi connectivity index (χ2n) is 5.01. The van der Waals surface area contributed by atoms with Gasteiger partial charge in [0.1, 0.15) is 6.61 Å². The highest BCUT2D eigenvalue weighted by Gasteiger charge is 2.18. The Labute approximate surface area is 124 Å². The van der Waals surface area contributed by atoms with Crippen molar-refractivity contribution in [2.45, 2.75) is 6.10 Å². The second kappa shape index (κ2) is 7.79. The molecule has 0 aromatic heterocycles. The third-order valence-electron chi connectivity index (χ3n) is 3.27. The molecule has 1 amide bonds. The van der Waals surface area contributed by atoms with Crippen LogP contribution in [-0.4, -0.2) is 61.9 Å². The molecule has 1 saturated heterocycles. The normalized spacial score (nSPS) is 18.7. The fraction of sp³-hybridized carbons (Fsp3) is 0.438. The lowest BCUT2D eigenvalue weighted by Gasteiger charge is -2.30. The molecule has 0 radical (unpaired) electrons. The first-order chi connectivity index (χ1) is 10.2. The molecule has 1 atom stereocenters. The van der Waals surface area contributed by atoms with Crippen LogP contribution < -0.4 is 5.32 Å². The zero-order valence-electron chi connectivity index (χ0n) is 12.1. The Hall–Kier alpha value is -1.87. The maximum Gasteiger partial charge on any atom is 0.251 e. The summed E-state index contributed by atoms with van der Waals surface area (Å²) in [6.45, 7) is 2.75. The number of aliphatic hydroxyl groups is 1. The first kappa shape index (κ1) is 15.5. The van der Waals surface area contributed by atoms with Gasteiger partial charge in [-0.3, -0.25) is 4.79 Å². The average molecular weight is 288 g/mol. The molecule has 0 spiro atoms. The molecule has 1 unspecified atom stereocenters. The SMILES string of the molecule is CN1CCOC(CNC(=O)c2cccc(C#CCO)c2)C1. The monoisotopic (exact) mass is 288 g/mol. The van der Waals surface area contributed by atoms with Gasteiger partial charge in [-0.2, -0.15) is 0 Å². The molecule has 0 saturated carbocycles. The number of hydrogen-bond donors (Lipinski definition) is 2. The molecule has 1 aliphatic rings. The molecule has 5 heteroatoms. The average Bonchev–Trinajstić information content (AvgIpc) is 2.51. The van der Waals surface area contributed by atoms with Crippen LogP contribution in [0.5, 0.6) is 0 Å². The van der Waals surface area contributed by atoms with Gasteiger partial charge >= 0.3 is 0 Å². The van der Waals surface area contributed by atoms with E-state index in [-0.39, 0.29) is 18.6 Å². The number of ether oxygens (including phenoxy) is 1. The Morgan fingerprint density at radius 3 is 3.19 bits per heavy atom. The molecular weight excluding hydrogens is 268 g/mol. The Morgan fingerprint density at radius 2 is 2.43 bits per heavy atom.